The fraction of sp³-hybridized carbons (Fsp3) is 0.481. The summed E-state index contributed by atoms with van der Waals surface area (Å²) in [6, 6.07) is 16.0. The monoisotopic (exact) mass is 422 g/mol. The van der Waals surface area contributed by atoms with Crippen molar-refractivity contribution in [2.24, 2.45) is 5.10 Å². The van der Waals surface area contributed by atoms with Crippen LogP contribution < -0.4 is 10.2 Å². The second kappa shape index (κ2) is 15.2. The third-order valence-electron chi connectivity index (χ3n) is 5.32. The zero-order valence-corrected chi connectivity index (χ0v) is 19.2. The molecule has 0 heterocycles. The Labute approximate surface area is 188 Å². The van der Waals surface area contributed by atoms with Crippen molar-refractivity contribution >= 4 is 12.1 Å². The minimum atomic E-state index is -0.0164. The summed E-state index contributed by atoms with van der Waals surface area (Å²) in [5, 5.41) is 4.06. The number of aryl methyl sites for hydroxylation is 1. The molecule has 2 rings (SSSR count). The first-order valence-corrected chi connectivity index (χ1v) is 11.8. The van der Waals surface area contributed by atoms with E-state index in [1.165, 1.54) is 50.5 Å². The van der Waals surface area contributed by atoms with Gasteiger partial charge in [-0.2, -0.15) is 5.10 Å². The maximum absolute atomic E-state index is 11.9. The van der Waals surface area contributed by atoms with E-state index in [1.54, 1.807) is 6.21 Å². The van der Waals surface area contributed by atoms with Crippen LogP contribution in [0.5, 0.6) is 5.75 Å². The first-order valence-electron chi connectivity index (χ1n) is 11.8. The SMILES string of the molecule is CCCCCCCCCCCC(=O)N/N=C\c1ccc(OCc2ccc(C)cc2)cc1. The van der Waals surface area contributed by atoms with Crippen molar-refractivity contribution in [2.75, 3.05) is 0 Å². The van der Waals surface area contributed by atoms with E-state index >= 15 is 0 Å². The number of hydrogen-bond acceptors (Lipinski definition) is 3. The number of ether oxygens (including phenoxy) is 1. The van der Waals surface area contributed by atoms with Crippen molar-refractivity contribution in [3.63, 3.8) is 0 Å². The number of hydrazone groups is 1. The topological polar surface area (TPSA) is 50.7 Å². The van der Waals surface area contributed by atoms with Gasteiger partial charge in [-0.25, -0.2) is 5.43 Å². The van der Waals surface area contributed by atoms with Gasteiger partial charge in [-0.15, -0.1) is 0 Å². The first kappa shape index (κ1) is 24.6. The summed E-state index contributed by atoms with van der Waals surface area (Å²) in [5.41, 5.74) is 5.93. The normalized spacial score (nSPS) is 11.0. The van der Waals surface area contributed by atoms with Gasteiger partial charge >= 0.3 is 0 Å². The fourth-order valence-corrected chi connectivity index (χ4v) is 3.33. The molecule has 168 valence electrons. The maximum atomic E-state index is 11.9. The quantitative estimate of drug-likeness (QED) is 0.192. The van der Waals surface area contributed by atoms with E-state index in [4.69, 9.17) is 4.74 Å². The lowest BCUT2D eigenvalue weighted by atomic mass is 10.1. The van der Waals surface area contributed by atoms with Gasteiger partial charge < -0.3 is 4.74 Å². The van der Waals surface area contributed by atoms with Gasteiger partial charge in [0.25, 0.3) is 0 Å². The predicted molar refractivity (Wildman–Crippen MR) is 130 cm³/mol. The van der Waals surface area contributed by atoms with E-state index in [0.29, 0.717) is 13.0 Å². The number of amides is 1. The standard InChI is InChI=1S/C27H38N2O2/c1-3-4-5-6-7-8-9-10-11-12-27(30)29-28-21-24-17-19-26(20-18-24)31-22-25-15-13-23(2)14-16-25/h13-21H,3-12,22H2,1-2H3,(H,29,30)/b28-21-. The van der Waals surface area contributed by atoms with Crippen LogP contribution in [0, 0.1) is 6.92 Å². The number of unbranched alkanes of at least 4 members (excludes halogenated alkanes) is 8. The minimum Gasteiger partial charge on any atom is -0.489 e. The van der Waals surface area contributed by atoms with E-state index in [9.17, 15) is 4.79 Å². The van der Waals surface area contributed by atoms with Crippen LogP contribution in [0.1, 0.15) is 87.8 Å². The molecule has 0 unspecified atom stereocenters. The molecule has 31 heavy (non-hydrogen) atoms. The zero-order valence-electron chi connectivity index (χ0n) is 19.2. The molecule has 0 fully saturated rings. The molecule has 1 amide bonds. The van der Waals surface area contributed by atoms with Gasteiger partial charge in [0.15, 0.2) is 0 Å². The molecule has 0 aliphatic carbocycles. The van der Waals surface area contributed by atoms with E-state index in [-0.39, 0.29) is 5.91 Å². The van der Waals surface area contributed by atoms with Gasteiger partial charge in [-0.3, -0.25) is 4.79 Å². The predicted octanol–water partition coefficient (Wildman–Crippen LogP) is 6.95. The number of carbonyl (C=O) groups is 1. The Morgan fingerprint density at radius 2 is 1.48 bits per heavy atom. The van der Waals surface area contributed by atoms with Crippen molar-refractivity contribution in [1.82, 2.24) is 5.43 Å². The van der Waals surface area contributed by atoms with Gasteiger partial charge in [0.2, 0.25) is 5.91 Å². The van der Waals surface area contributed by atoms with Gasteiger partial charge in [-0.05, 0) is 48.7 Å². The van der Waals surface area contributed by atoms with Gasteiger partial charge in [0.05, 0.1) is 6.21 Å². The van der Waals surface area contributed by atoms with Crippen molar-refractivity contribution in [3.8, 4) is 5.75 Å². The van der Waals surface area contributed by atoms with Crippen molar-refractivity contribution in [1.29, 1.82) is 0 Å². The summed E-state index contributed by atoms with van der Waals surface area (Å²) >= 11 is 0. The highest BCUT2D eigenvalue weighted by molar-refractivity contribution is 5.82. The van der Waals surface area contributed by atoms with Crippen molar-refractivity contribution < 1.29 is 9.53 Å². The van der Waals surface area contributed by atoms with Crippen LogP contribution >= 0.6 is 0 Å². The van der Waals surface area contributed by atoms with Crippen molar-refractivity contribution in [2.45, 2.75) is 84.7 Å². The van der Waals surface area contributed by atoms with E-state index in [0.717, 1.165) is 29.7 Å². The Balaban J connectivity index is 1.56. The Kier molecular flexibility index (Phi) is 12.1. The van der Waals surface area contributed by atoms with Crippen LogP contribution in [0.4, 0.5) is 0 Å². The number of rotatable bonds is 15. The maximum Gasteiger partial charge on any atom is 0.240 e. The van der Waals surface area contributed by atoms with E-state index in [1.807, 2.05) is 24.3 Å². The molecular formula is C27H38N2O2. The second-order valence-electron chi connectivity index (χ2n) is 8.21. The summed E-state index contributed by atoms with van der Waals surface area (Å²) in [6.45, 7) is 4.86. The average molecular weight is 423 g/mol. The van der Waals surface area contributed by atoms with Gasteiger partial charge in [0, 0.05) is 6.42 Å². The molecular weight excluding hydrogens is 384 g/mol. The highest BCUT2D eigenvalue weighted by Crippen LogP contribution is 2.14. The third-order valence-corrected chi connectivity index (χ3v) is 5.32. The van der Waals surface area contributed by atoms with Crippen LogP contribution in [0.25, 0.3) is 0 Å². The molecule has 0 aliphatic heterocycles. The lowest BCUT2D eigenvalue weighted by Crippen LogP contribution is -2.16. The second-order valence-corrected chi connectivity index (χ2v) is 8.21. The lowest BCUT2D eigenvalue weighted by Gasteiger charge is -2.07. The highest BCUT2D eigenvalue weighted by Gasteiger charge is 2.00. The number of nitrogens with one attached hydrogen (secondary N) is 1. The average Bonchev–Trinajstić information content (AvgIpc) is 2.78. The molecule has 0 aliphatic rings. The van der Waals surface area contributed by atoms with Crippen molar-refractivity contribution in [3.05, 3.63) is 65.2 Å². The highest BCUT2D eigenvalue weighted by atomic mass is 16.5. The molecule has 0 saturated heterocycles. The Bertz CT molecular complexity index is 767. The smallest absolute Gasteiger partial charge is 0.240 e. The Morgan fingerprint density at radius 3 is 2.13 bits per heavy atom. The summed E-state index contributed by atoms with van der Waals surface area (Å²) in [4.78, 5) is 11.9. The molecule has 0 atom stereocenters. The summed E-state index contributed by atoms with van der Waals surface area (Å²) in [5.74, 6) is 0.796. The fourth-order valence-electron chi connectivity index (χ4n) is 3.33. The molecule has 0 aromatic heterocycles. The van der Waals surface area contributed by atoms with Crippen LogP contribution in [-0.4, -0.2) is 12.1 Å². The molecule has 0 saturated carbocycles. The molecule has 4 heteroatoms. The molecule has 1 N–H and O–H groups in total. The molecule has 2 aromatic carbocycles. The summed E-state index contributed by atoms with van der Waals surface area (Å²) < 4.78 is 5.81. The van der Waals surface area contributed by atoms with Gasteiger partial charge in [-0.1, -0.05) is 88.1 Å². The number of nitrogens with zero attached hydrogens (tertiary/aromatic N) is 1. The molecule has 0 bridgehead atoms. The summed E-state index contributed by atoms with van der Waals surface area (Å²) in [7, 11) is 0. The summed E-state index contributed by atoms with van der Waals surface area (Å²) in [6.07, 6.45) is 13.5. The Morgan fingerprint density at radius 1 is 0.871 bits per heavy atom. The van der Waals surface area contributed by atoms with Crippen LogP contribution in [-0.2, 0) is 11.4 Å². The number of hydrogen-bond donors (Lipinski definition) is 1. The zero-order chi connectivity index (χ0) is 22.2. The molecule has 4 nitrogen and oxygen atoms in total. The van der Waals surface area contributed by atoms with Crippen LogP contribution in [0.15, 0.2) is 53.6 Å². The van der Waals surface area contributed by atoms with E-state index < -0.39 is 0 Å². The van der Waals surface area contributed by atoms with Crippen LogP contribution in [0.2, 0.25) is 0 Å². The number of carbonyl (C=O) groups excluding carboxylic acids is 1. The Hall–Kier alpha value is -2.62. The molecule has 0 spiro atoms. The number of benzene rings is 2. The first-order chi connectivity index (χ1) is 15.2. The molecule has 0 radical (unpaired) electrons. The van der Waals surface area contributed by atoms with Crippen LogP contribution in [0.3, 0.4) is 0 Å². The minimum absolute atomic E-state index is 0.0164. The van der Waals surface area contributed by atoms with Gasteiger partial charge in [0.1, 0.15) is 12.4 Å². The lowest BCUT2D eigenvalue weighted by molar-refractivity contribution is -0.121. The van der Waals surface area contributed by atoms with E-state index in [2.05, 4.69) is 48.6 Å². The largest absolute Gasteiger partial charge is 0.489 e. The third kappa shape index (κ3) is 11.4. The molecule has 2 aromatic rings.